The van der Waals surface area contributed by atoms with Crippen molar-refractivity contribution in [2.75, 3.05) is 13.2 Å². The minimum Gasteiger partial charge on any atom is -0.481 e. The van der Waals surface area contributed by atoms with Crippen LogP contribution in [-0.2, 0) is 9.53 Å². The highest BCUT2D eigenvalue weighted by Crippen LogP contribution is 2.40. The molecule has 14 heavy (non-hydrogen) atoms. The van der Waals surface area contributed by atoms with Gasteiger partial charge in [-0.3, -0.25) is 4.79 Å². The van der Waals surface area contributed by atoms with Gasteiger partial charge in [0.15, 0.2) is 0 Å². The highest BCUT2D eigenvalue weighted by molar-refractivity contribution is 5.75. The van der Waals surface area contributed by atoms with E-state index in [0.29, 0.717) is 26.1 Å². The Morgan fingerprint density at radius 2 is 2.07 bits per heavy atom. The Kier molecular flexibility index (Phi) is 3.93. The molecule has 0 radical (unpaired) electrons. The summed E-state index contributed by atoms with van der Waals surface area (Å²) in [6, 6.07) is 0. The Labute approximate surface area is 85.5 Å². The van der Waals surface area contributed by atoms with Gasteiger partial charge < -0.3 is 9.84 Å². The van der Waals surface area contributed by atoms with Crippen molar-refractivity contribution in [2.45, 2.75) is 39.5 Å². The smallest absolute Gasteiger partial charge is 0.310 e. The van der Waals surface area contributed by atoms with Gasteiger partial charge in [0.25, 0.3) is 0 Å². The molecule has 0 aromatic heterocycles. The largest absolute Gasteiger partial charge is 0.481 e. The van der Waals surface area contributed by atoms with Crippen molar-refractivity contribution in [1.29, 1.82) is 0 Å². The number of rotatable bonds is 4. The summed E-state index contributed by atoms with van der Waals surface area (Å²) in [4.78, 5) is 11.3. The number of ether oxygens (including phenoxy) is 1. The fourth-order valence-corrected chi connectivity index (χ4v) is 2.36. The molecule has 3 heteroatoms. The van der Waals surface area contributed by atoms with Gasteiger partial charge in [-0.2, -0.15) is 0 Å². The molecule has 1 unspecified atom stereocenters. The Bertz CT molecular complexity index is 195. The van der Waals surface area contributed by atoms with Crippen LogP contribution in [0.5, 0.6) is 0 Å². The summed E-state index contributed by atoms with van der Waals surface area (Å²) in [6.07, 6.45) is 3.39. The zero-order chi connectivity index (χ0) is 10.6. The lowest BCUT2D eigenvalue weighted by atomic mass is 9.69. The van der Waals surface area contributed by atoms with E-state index < -0.39 is 11.4 Å². The fraction of sp³-hybridized carbons (Fsp3) is 0.909. The van der Waals surface area contributed by atoms with E-state index in [0.717, 1.165) is 12.8 Å². The lowest BCUT2D eigenvalue weighted by Crippen LogP contribution is -2.42. The Hall–Kier alpha value is -0.570. The first-order valence-corrected chi connectivity index (χ1v) is 5.44. The summed E-state index contributed by atoms with van der Waals surface area (Å²) < 4.78 is 5.24. The predicted octanol–water partition coefficient (Wildman–Crippen LogP) is 2.30. The van der Waals surface area contributed by atoms with E-state index in [-0.39, 0.29) is 5.92 Å². The maximum absolute atomic E-state index is 11.3. The van der Waals surface area contributed by atoms with E-state index in [4.69, 9.17) is 4.74 Å². The molecule has 0 aromatic rings. The third-order valence-corrected chi connectivity index (χ3v) is 3.48. The standard InChI is InChI=1S/C11H20O3/c1-3-4-9(2)11(10(12)13)5-7-14-8-6-11/h9H,3-8H2,1-2H3,(H,12,13). The SMILES string of the molecule is CCCC(C)C1(C(=O)O)CCOCC1. The van der Waals surface area contributed by atoms with Gasteiger partial charge in [0, 0.05) is 13.2 Å². The van der Waals surface area contributed by atoms with Crippen molar-refractivity contribution in [3.63, 3.8) is 0 Å². The van der Waals surface area contributed by atoms with Crippen LogP contribution < -0.4 is 0 Å². The molecule has 3 nitrogen and oxygen atoms in total. The minimum absolute atomic E-state index is 0.258. The molecule has 1 atom stereocenters. The van der Waals surface area contributed by atoms with Gasteiger partial charge in [0.05, 0.1) is 5.41 Å². The lowest BCUT2D eigenvalue weighted by molar-refractivity contribution is -0.160. The second-order valence-electron chi connectivity index (χ2n) is 4.26. The number of aliphatic carboxylic acids is 1. The molecule has 0 bridgehead atoms. The molecular formula is C11H20O3. The zero-order valence-corrected chi connectivity index (χ0v) is 9.08. The van der Waals surface area contributed by atoms with Crippen molar-refractivity contribution in [1.82, 2.24) is 0 Å². The molecule has 0 aromatic carbocycles. The summed E-state index contributed by atoms with van der Waals surface area (Å²) in [5.41, 5.74) is -0.520. The number of carbonyl (C=O) groups is 1. The Morgan fingerprint density at radius 1 is 1.50 bits per heavy atom. The number of hydrogen-bond acceptors (Lipinski definition) is 2. The van der Waals surface area contributed by atoms with E-state index >= 15 is 0 Å². The molecule has 1 N–H and O–H groups in total. The molecule has 1 aliphatic heterocycles. The van der Waals surface area contributed by atoms with Gasteiger partial charge in [0.1, 0.15) is 0 Å². The number of hydrogen-bond donors (Lipinski definition) is 1. The molecule has 1 heterocycles. The van der Waals surface area contributed by atoms with Gasteiger partial charge in [-0.05, 0) is 25.2 Å². The van der Waals surface area contributed by atoms with Crippen LogP contribution >= 0.6 is 0 Å². The summed E-state index contributed by atoms with van der Waals surface area (Å²) >= 11 is 0. The van der Waals surface area contributed by atoms with E-state index in [9.17, 15) is 9.90 Å². The summed E-state index contributed by atoms with van der Waals surface area (Å²) in [5.74, 6) is -0.379. The van der Waals surface area contributed by atoms with Crippen LogP contribution in [0.4, 0.5) is 0 Å². The quantitative estimate of drug-likeness (QED) is 0.757. The van der Waals surface area contributed by atoms with Crippen molar-refractivity contribution < 1.29 is 14.6 Å². The minimum atomic E-state index is -0.637. The van der Waals surface area contributed by atoms with Crippen LogP contribution in [0.2, 0.25) is 0 Å². The summed E-state index contributed by atoms with van der Waals surface area (Å²) in [5, 5.41) is 9.33. The van der Waals surface area contributed by atoms with E-state index in [1.807, 2.05) is 0 Å². The first-order valence-electron chi connectivity index (χ1n) is 5.44. The molecule has 0 aliphatic carbocycles. The van der Waals surface area contributed by atoms with Crippen LogP contribution in [0.1, 0.15) is 39.5 Å². The van der Waals surface area contributed by atoms with Crippen molar-refractivity contribution >= 4 is 5.97 Å². The Balaban J connectivity index is 2.74. The van der Waals surface area contributed by atoms with Crippen LogP contribution in [0.3, 0.4) is 0 Å². The van der Waals surface area contributed by atoms with Gasteiger partial charge in [-0.15, -0.1) is 0 Å². The highest BCUT2D eigenvalue weighted by atomic mass is 16.5. The summed E-state index contributed by atoms with van der Waals surface area (Å²) in [6.45, 7) is 5.36. The van der Waals surface area contributed by atoms with E-state index in [1.54, 1.807) is 0 Å². The third-order valence-electron chi connectivity index (χ3n) is 3.48. The second kappa shape index (κ2) is 4.78. The summed E-state index contributed by atoms with van der Waals surface area (Å²) in [7, 11) is 0. The Morgan fingerprint density at radius 3 is 2.50 bits per heavy atom. The van der Waals surface area contributed by atoms with Gasteiger partial charge in [-0.25, -0.2) is 0 Å². The zero-order valence-electron chi connectivity index (χ0n) is 9.08. The van der Waals surface area contributed by atoms with Crippen LogP contribution in [0, 0.1) is 11.3 Å². The molecule has 1 rings (SSSR count). The van der Waals surface area contributed by atoms with Gasteiger partial charge in [-0.1, -0.05) is 20.3 Å². The molecule has 1 fully saturated rings. The predicted molar refractivity (Wildman–Crippen MR) is 54.2 cm³/mol. The first-order chi connectivity index (χ1) is 6.63. The average molecular weight is 200 g/mol. The topological polar surface area (TPSA) is 46.5 Å². The molecular weight excluding hydrogens is 180 g/mol. The van der Waals surface area contributed by atoms with E-state index in [1.165, 1.54) is 0 Å². The van der Waals surface area contributed by atoms with Crippen LogP contribution in [-0.4, -0.2) is 24.3 Å². The molecule has 0 spiro atoms. The maximum Gasteiger partial charge on any atom is 0.310 e. The van der Waals surface area contributed by atoms with Crippen molar-refractivity contribution in [2.24, 2.45) is 11.3 Å². The monoisotopic (exact) mass is 200 g/mol. The van der Waals surface area contributed by atoms with Gasteiger partial charge >= 0.3 is 5.97 Å². The second-order valence-corrected chi connectivity index (χ2v) is 4.26. The normalized spacial score (nSPS) is 23.0. The third kappa shape index (κ3) is 2.08. The average Bonchev–Trinajstić information content (AvgIpc) is 2.19. The highest BCUT2D eigenvalue weighted by Gasteiger charge is 2.44. The van der Waals surface area contributed by atoms with Crippen molar-refractivity contribution in [3.05, 3.63) is 0 Å². The lowest BCUT2D eigenvalue weighted by Gasteiger charge is -2.38. The molecule has 82 valence electrons. The number of carboxylic acids is 1. The first kappa shape index (κ1) is 11.5. The van der Waals surface area contributed by atoms with Crippen molar-refractivity contribution in [3.8, 4) is 0 Å². The molecule has 1 saturated heterocycles. The molecule has 1 aliphatic rings. The molecule has 0 amide bonds. The molecule has 0 saturated carbocycles. The van der Waals surface area contributed by atoms with Crippen LogP contribution in [0.15, 0.2) is 0 Å². The maximum atomic E-state index is 11.3. The van der Waals surface area contributed by atoms with E-state index in [2.05, 4.69) is 13.8 Å². The fourth-order valence-electron chi connectivity index (χ4n) is 2.36. The van der Waals surface area contributed by atoms with Crippen LogP contribution in [0.25, 0.3) is 0 Å². The van der Waals surface area contributed by atoms with Gasteiger partial charge in [0.2, 0.25) is 0 Å². The number of carboxylic acid groups (broad SMARTS) is 1.